The van der Waals surface area contributed by atoms with E-state index < -0.39 is 0 Å². The zero-order valence-electron chi connectivity index (χ0n) is 16.5. The highest BCUT2D eigenvalue weighted by molar-refractivity contribution is 5.94. The highest BCUT2D eigenvalue weighted by Crippen LogP contribution is 2.23. The first kappa shape index (κ1) is 19.2. The van der Waals surface area contributed by atoms with Crippen molar-refractivity contribution in [3.05, 3.63) is 59.2 Å². The zero-order chi connectivity index (χ0) is 19.2. The molecule has 2 aromatic rings. The van der Waals surface area contributed by atoms with Crippen molar-refractivity contribution in [1.29, 1.82) is 0 Å². The van der Waals surface area contributed by atoms with E-state index in [2.05, 4.69) is 6.92 Å². The number of piperazine rings is 1. The van der Waals surface area contributed by atoms with Gasteiger partial charge in [-0.2, -0.15) is 0 Å². The average Bonchev–Trinajstić information content (AvgIpc) is 2.73. The van der Waals surface area contributed by atoms with Crippen molar-refractivity contribution in [3.8, 4) is 11.5 Å². The third kappa shape index (κ3) is 4.61. The molecule has 1 saturated heterocycles. The van der Waals surface area contributed by atoms with Crippen LogP contribution in [0.15, 0.2) is 42.5 Å². The lowest BCUT2D eigenvalue weighted by molar-refractivity contribution is -0.917. The van der Waals surface area contributed by atoms with E-state index in [-0.39, 0.29) is 5.91 Å². The van der Waals surface area contributed by atoms with Crippen LogP contribution in [0, 0.1) is 0 Å². The Morgan fingerprint density at radius 3 is 2.33 bits per heavy atom. The second-order valence-corrected chi connectivity index (χ2v) is 6.95. The van der Waals surface area contributed by atoms with Gasteiger partial charge >= 0.3 is 0 Å². The van der Waals surface area contributed by atoms with Crippen LogP contribution in [0.4, 0.5) is 0 Å². The van der Waals surface area contributed by atoms with Crippen LogP contribution < -0.4 is 14.4 Å². The van der Waals surface area contributed by atoms with Crippen molar-refractivity contribution >= 4 is 5.91 Å². The van der Waals surface area contributed by atoms with Crippen LogP contribution in [0.1, 0.15) is 28.4 Å². The predicted octanol–water partition coefficient (Wildman–Crippen LogP) is 1.81. The fourth-order valence-corrected chi connectivity index (χ4v) is 3.56. The van der Waals surface area contributed by atoms with Crippen molar-refractivity contribution in [2.75, 3.05) is 40.4 Å². The molecule has 1 N–H and O–H groups in total. The van der Waals surface area contributed by atoms with E-state index in [0.717, 1.165) is 61.8 Å². The van der Waals surface area contributed by atoms with Gasteiger partial charge in [0, 0.05) is 5.56 Å². The summed E-state index contributed by atoms with van der Waals surface area (Å²) in [4.78, 5) is 16.1. The SMILES string of the molecule is CCc1ccc(C(=O)N2CC[NH+](Cc3cc(OC)ccc3OC)CC2)cc1. The highest BCUT2D eigenvalue weighted by Gasteiger charge is 2.25. The molecule has 0 saturated carbocycles. The molecule has 1 amide bonds. The minimum Gasteiger partial charge on any atom is -0.497 e. The maximum absolute atomic E-state index is 12.7. The molecule has 1 heterocycles. The number of methoxy groups -OCH3 is 2. The van der Waals surface area contributed by atoms with Gasteiger partial charge in [0.05, 0.1) is 46.0 Å². The van der Waals surface area contributed by atoms with E-state index in [4.69, 9.17) is 9.47 Å². The number of carbonyl (C=O) groups excluding carboxylic acids is 1. The minimum absolute atomic E-state index is 0.135. The Hall–Kier alpha value is -2.53. The van der Waals surface area contributed by atoms with Gasteiger partial charge in [-0.15, -0.1) is 0 Å². The number of nitrogens with one attached hydrogen (secondary N) is 1. The Morgan fingerprint density at radius 1 is 1.04 bits per heavy atom. The average molecular weight is 369 g/mol. The lowest BCUT2D eigenvalue weighted by atomic mass is 10.1. The van der Waals surface area contributed by atoms with Crippen LogP contribution in [0.3, 0.4) is 0 Å². The predicted molar refractivity (Wildman–Crippen MR) is 106 cm³/mol. The van der Waals surface area contributed by atoms with Gasteiger partial charge in [0.25, 0.3) is 5.91 Å². The summed E-state index contributed by atoms with van der Waals surface area (Å²) in [6.07, 6.45) is 0.990. The number of quaternary nitrogens is 1. The summed E-state index contributed by atoms with van der Waals surface area (Å²) in [6, 6.07) is 13.9. The molecule has 0 spiro atoms. The van der Waals surface area contributed by atoms with Gasteiger partial charge < -0.3 is 19.3 Å². The summed E-state index contributed by atoms with van der Waals surface area (Å²) in [7, 11) is 3.37. The first-order chi connectivity index (χ1) is 13.1. The van der Waals surface area contributed by atoms with E-state index in [1.807, 2.05) is 47.4 Å². The first-order valence-corrected chi connectivity index (χ1v) is 9.57. The van der Waals surface area contributed by atoms with Crippen molar-refractivity contribution in [3.63, 3.8) is 0 Å². The second-order valence-electron chi connectivity index (χ2n) is 6.95. The summed E-state index contributed by atoms with van der Waals surface area (Å²) in [5.74, 6) is 1.86. The van der Waals surface area contributed by atoms with Crippen molar-refractivity contribution < 1.29 is 19.2 Å². The number of aryl methyl sites for hydroxylation is 1. The number of amides is 1. The molecule has 2 aromatic carbocycles. The molecule has 5 heteroatoms. The maximum atomic E-state index is 12.7. The fraction of sp³-hybridized carbons (Fsp3) is 0.409. The van der Waals surface area contributed by atoms with Crippen LogP contribution in [0.25, 0.3) is 0 Å². The molecule has 0 aromatic heterocycles. The number of benzene rings is 2. The highest BCUT2D eigenvalue weighted by atomic mass is 16.5. The Bertz CT molecular complexity index is 766. The van der Waals surface area contributed by atoms with Crippen LogP contribution in [-0.4, -0.2) is 51.2 Å². The van der Waals surface area contributed by atoms with Gasteiger partial charge in [-0.1, -0.05) is 19.1 Å². The van der Waals surface area contributed by atoms with Gasteiger partial charge in [0.2, 0.25) is 0 Å². The van der Waals surface area contributed by atoms with Gasteiger partial charge in [-0.3, -0.25) is 4.79 Å². The van der Waals surface area contributed by atoms with E-state index in [9.17, 15) is 4.79 Å². The summed E-state index contributed by atoms with van der Waals surface area (Å²) < 4.78 is 10.8. The van der Waals surface area contributed by atoms with Gasteiger partial charge in [0.15, 0.2) is 0 Å². The summed E-state index contributed by atoms with van der Waals surface area (Å²) in [6.45, 7) is 6.40. The molecule has 1 aliphatic rings. The molecular weight excluding hydrogens is 340 g/mol. The second kappa shape index (κ2) is 8.91. The maximum Gasteiger partial charge on any atom is 0.254 e. The molecule has 144 valence electrons. The number of carbonyl (C=O) groups is 1. The van der Waals surface area contributed by atoms with Crippen LogP contribution in [0.2, 0.25) is 0 Å². The molecule has 0 atom stereocenters. The van der Waals surface area contributed by atoms with E-state index >= 15 is 0 Å². The lowest BCUT2D eigenvalue weighted by Gasteiger charge is -2.32. The molecule has 0 unspecified atom stereocenters. The zero-order valence-corrected chi connectivity index (χ0v) is 16.5. The fourth-order valence-electron chi connectivity index (χ4n) is 3.56. The van der Waals surface area contributed by atoms with Crippen molar-refractivity contribution in [2.45, 2.75) is 19.9 Å². The van der Waals surface area contributed by atoms with E-state index in [1.54, 1.807) is 14.2 Å². The molecule has 27 heavy (non-hydrogen) atoms. The molecular formula is C22H29N2O3+. The molecule has 1 fully saturated rings. The normalized spacial score (nSPS) is 14.9. The Morgan fingerprint density at radius 2 is 1.74 bits per heavy atom. The third-order valence-corrected chi connectivity index (χ3v) is 5.29. The van der Waals surface area contributed by atoms with Gasteiger partial charge in [0.1, 0.15) is 18.0 Å². The van der Waals surface area contributed by atoms with Crippen LogP contribution in [0.5, 0.6) is 11.5 Å². The molecule has 5 nitrogen and oxygen atoms in total. The standard InChI is InChI=1S/C22H28N2O3/c1-4-17-5-7-18(8-6-17)22(25)24-13-11-23(12-14-24)16-19-15-20(26-2)9-10-21(19)27-3/h5-10,15H,4,11-14,16H2,1-3H3/p+1. The quantitative estimate of drug-likeness (QED) is 0.845. The molecule has 0 aliphatic carbocycles. The van der Waals surface area contributed by atoms with Crippen molar-refractivity contribution in [1.82, 2.24) is 4.90 Å². The Kier molecular flexibility index (Phi) is 6.35. The van der Waals surface area contributed by atoms with Crippen LogP contribution in [-0.2, 0) is 13.0 Å². The van der Waals surface area contributed by atoms with E-state index in [1.165, 1.54) is 10.5 Å². The van der Waals surface area contributed by atoms with Crippen LogP contribution >= 0.6 is 0 Å². The number of ether oxygens (including phenoxy) is 2. The molecule has 1 aliphatic heterocycles. The Labute approximate surface area is 161 Å². The molecule has 0 bridgehead atoms. The lowest BCUT2D eigenvalue weighted by Crippen LogP contribution is -3.13. The number of hydrogen-bond acceptors (Lipinski definition) is 3. The van der Waals surface area contributed by atoms with Gasteiger partial charge in [-0.25, -0.2) is 0 Å². The minimum atomic E-state index is 0.135. The van der Waals surface area contributed by atoms with Gasteiger partial charge in [-0.05, 0) is 42.3 Å². The monoisotopic (exact) mass is 369 g/mol. The molecule has 3 rings (SSSR count). The first-order valence-electron chi connectivity index (χ1n) is 9.57. The third-order valence-electron chi connectivity index (χ3n) is 5.29. The largest absolute Gasteiger partial charge is 0.497 e. The van der Waals surface area contributed by atoms with Crippen molar-refractivity contribution in [2.24, 2.45) is 0 Å². The number of hydrogen-bond donors (Lipinski definition) is 1. The summed E-state index contributed by atoms with van der Waals surface area (Å²) in [5.41, 5.74) is 3.18. The number of nitrogens with zero attached hydrogens (tertiary/aromatic N) is 1. The smallest absolute Gasteiger partial charge is 0.254 e. The summed E-state index contributed by atoms with van der Waals surface area (Å²) >= 11 is 0. The molecule has 0 radical (unpaired) electrons. The summed E-state index contributed by atoms with van der Waals surface area (Å²) in [5, 5.41) is 0. The topological polar surface area (TPSA) is 43.2 Å². The van der Waals surface area contributed by atoms with E-state index in [0.29, 0.717) is 0 Å². The number of rotatable bonds is 6. The Balaban J connectivity index is 1.59.